The number of benzene rings is 1. The van der Waals surface area contributed by atoms with Gasteiger partial charge in [0.2, 0.25) is 11.8 Å². The number of aryl methyl sites for hydroxylation is 1. The average molecular weight is 588 g/mol. The summed E-state index contributed by atoms with van der Waals surface area (Å²) in [6, 6.07) is 7.68. The van der Waals surface area contributed by atoms with Gasteiger partial charge in [0.05, 0.1) is 26.1 Å². The van der Waals surface area contributed by atoms with E-state index < -0.39 is 11.5 Å². The predicted octanol–water partition coefficient (Wildman–Crippen LogP) is 4.20. The van der Waals surface area contributed by atoms with E-state index in [0.717, 1.165) is 37.0 Å². The van der Waals surface area contributed by atoms with E-state index in [1.54, 1.807) is 12.0 Å². The quantitative estimate of drug-likeness (QED) is 0.386. The standard InChI is InChI=1S/C32H49N3O7/c1-32(2,3)42-31(39)34-19-16-23(17-20-34)12-15-28(36)35-18-8-10-26(22-35)29(37)33-21-25(30(38)41-5)14-13-24-9-6-7-11-27(24)40-4/h6-7,9,11,23,25-26H,8,10,12-22H2,1-5H3,(H,33,37)/t25-,26-/m1/s1. The molecule has 3 amide bonds. The van der Waals surface area contributed by atoms with Crippen LogP contribution in [-0.2, 0) is 30.3 Å². The van der Waals surface area contributed by atoms with Crippen molar-refractivity contribution in [2.75, 3.05) is 46.9 Å². The maximum Gasteiger partial charge on any atom is 0.410 e. The third kappa shape index (κ3) is 10.2. The topological polar surface area (TPSA) is 114 Å². The zero-order valence-corrected chi connectivity index (χ0v) is 26.0. The van der Waals surface area contributed by atoms with Gasteiger partial charge in [-0.05, 0) is 83.3 Å². The van der Waals surface area contributed by atoms with Crippen molar-refractivity contribution in [1.82, 2.24) is 15.1 Å². The van der Waals surface area contributed by atoms with Gasteiger partial charge < -0.3 is 29.3 Å². The molecule has 1 aromatic carbocycles. The minimum Gasteiger partial charge on any atom is -0.496 e. The van der Waals surface area contributed by atoms with E-state index >= 15 is 0 Å². The Hall–Kier alpha value is -3.30. The number of piperidine rings is 2. The molecule has 0 aliphatic carbocycles. The second-order valence-corrected chi connectivity index (χ2v) is 12.4. The number of nitrogens with zero attached hydrogens (tertiary/aromatic N) is 2. The lowest BCUT2D eigenvalue weighted by molar-refractivity contribution is -0.145. The van der Waals surface area contributed by atoms with E-state index in [1.165, 1.54) is 7.11 Å². The highest BCUT2D eigenvalue weighted by molar-refractivity contribution is 5.82. The number of para-hydroxylation sites is 1. The first kappa shape index (κ1) is 33.2. The van der Waals surface area contributed by atoms with Crippen LogP contribution in [0.15, 0.2) is 24.3 Å². The van der Waals surface area contributed by atoms with E-state index in [9.17, 15) is 19.2 Å². The lowest BCUT2D eigenvalue weighted by Crippen LogP contribution is -2.46. The van der Waals surface area contributed by atoms with Crippen molar-refractivity contribution in [1.29, 1.82) is 0 Å². The molecule has 0 aromatic heterocycles. The van der Waals surface area contributed by atoms with Crippen LogP contribution >= 0.6 is 0 Å². The molecular weight excluding hydrogens is 538 g/mol. The number of hydrogen-bond acceptors (Lipinski definition) is 7. The minimum atomic E-state index is -0.510. The zero-order valence-electron chi connectivity index (χ0n) is 26.0. The van der Waals surface area contributed by atoms with Gasteiger partial charge in [0.15, 0.2) is 0 Å². The van der Waals surface area contributed by atoms with Crippen molar-refractivity contribution in [3.05, 3.63) is 29.8 Å². The molecule has 0 radical (unpaired) electrons. The molecule has 2 fully saturated rings. The van der Waals surface area contributed by atoms with Crippen LogP contribution < -0.4 is 10.1 Å². The molecule has 2 aliphatic rings. The Balaban J connectivity index is 1.42. The van der Waals surface area contributed by atoms with E-state index in [0.29, 0.717) is 57.8 Å². The number of likely N-dealkylation sites (tertiary alicyclic amines) is 2. The number of carbonyl (C=O) groups is 4. The SMILES string of the molecule is COC(=O)[C@H](CCc1ccccc1OC)CNC(=O)[C@@H]1CCCN(C(=O)CCC2CCN(C(=O)OC(C)(C)C)CC2)C1. The molecule has 10 nitrogen and oxygen atoms in total. The van der Waals surface area contributed by atoms with Crippen molar-refractivity contribution in [2.45, 2.75) is 77.7 Å². The van der Waals surface area contributed by atoms with Gasteiger partial charge in [-0.25, -0.2) is 4.79 Å². The monoisotopic (exact) mass is 587 g/mol. The Morgan fingerprint density at radius 3 is 2.38 bits per heavy atom. The number of rotatable bonds is 11. The fourth-order valence-electron chi connectivity index (χ4n) is 5.71. The van der Waals surface area contributed by atoms with Gasteiger partial charge in [-0.1, -0.05) is 18.2 Å². The van der Waals surface area contributed by atoms with Crippen molar-refractivity contribution >= 4 is 23.9 Å². The summed E-state index contributed by atoms with van der Waals surface area (Å²) in [6.45, 7) is 8.12. The summed E-state index contributed by atoms with van der Waals surface area (Å²) in [5, 5.41) is 2.95. The first-order chi connectivity index (χ1) is 20.0. The smallest absolute Gasteiger partial charge is 0.410 e. The summed E-state index contributed by atoms with van der Waals surface area (Å²) < 4.78 is 15.9. The van der Waals surface area contributed by atoms with Gasteiger partial charge in [0.25, 0.3) is 0 Å². The summed E-state index contributed by atoms with van der Waals surface area (Å²) in [5.74, 6) is -0.0349. The predicted molar refractivity (Wildman–Crippen MR) is 159 cm³/mol. The lowest BCUT2D eigenvalue weighted by atomic mass is 9.91. The molecule has 0 unspecified atom stereocenters. The Labute approximate surface area is 250 Å². The molecule has 234 valence electrons. The van der Waals surface area contributed by atoms with Crippen molar-refractivity contribution in [2.24, 2.45) is 17.8 Å². The Morgan fingerprint density at radius 1 is 1.00 bits per heavy atom. The maximum atomic E-state index is 13.1. The molecule has 2 heterocycles. The summed E-state index contributed by atoms with van der Waals surface area (Å²) in [5.41, 5.74) is 0.485. The second kappa shape index (κ2) is 15.8. The maximum absolute atomic E-state index is 13.1. The van der Waals surface area contributed by atoms with Crippen LogP contribution in [0.25, 0.3) is 0 Å². The number of nitrogens with one attached hydrogen (secondary N) is 1. The fourth-order valence-corrected chi connectivity index (χ4v) is 5.71. The van der Waals surface area contributed by atoms with Crippen molar-refractivity contribution in [3.63, 3.8) is 0 Å². The molecule has 10 heteroatoms. The molecule has 3 rings (SSSR count). The number of ether oxygens (including phenoxy) is 3. The Morgan fingerprint density at radius 2 is 1.71 bits per heavy atom. The highest BCUT2D eigenvalue weighted by atomic mass is 16.6. The Bertz CT molecular complexity index is 1060. The van der Waals surface area contributed by atoms with E-state index in [4.69, 9.17) is 14.2 Å². The van der Waals surface area contributed by atoms with Gasteiger partial charge >= 0.3 is 12.1 Å². The molecule has 1 N–H and O–H groups in total. The zero-order chi connectivity index (χ0) is 30.7. The third-order valence-corrected chi connectivity index (χ3v) is 8.19. The molecule has 2 saturated heterocycles. The van der Waals surface area contributed by atoms with Gasteiger partial charge in [0, 0.05) is 39.1 Å². The molecule has 0 saturated carbocycles. The van der Waals surface area contributed by atoms with Crippen molar-refractivity contribution in [3.8, 4) is 5.75 Å². The van der Waals surface area contributed by atoms with E-state index in [2.05, 4.69) is 5.32 Å². The summed E-state index contributed by atoms with van der Waals surface area (Å²) in [7, 11) is 2.97. The number of amides is 3. The first-order valence-electron chi connectivity index (χ1n) is 15.2. The van der Waals surface area contributed by atoms with Crippen LogP contribution in [0, 0.1) is 17.8 Å². The minimum absolute atomic E-state index is 0.0753. The van der Waals surface area contributed by atoms with Crippen LogP contribution in [0.2, 0.25) is 0 Å². The van der Waals surface area contributed by atoms with E-state index in [1.807, 2.05) is 49.9 Å². The van der Waals surface area contributed by atoms with E-state index in [-0.39, 0.29) is 36.3 Å². The van der Waals surface area contributed by atoms with Gasteiger partial charge in [0.1, 0.15) is 11.4 Å². The highest BCUT2D eigenvalue weighted by Crippen LogP contribution is 2.25. The first-order valence-corrected chi connectivity index (χ1v) is 15.2. The molecule has 0 spiro atoms. The largest absolute Gasteiger partial charge is 0.496 e. The molecule has 2 aliphatic heterocycles. The number of esters is 1. The fraction of sp³-hybridized carbons (Fsp3) is 0.688. The van der Waals surface area contributed by atoms with Crippen LogP contribution in [0.4, 0.5) is 4.79 Å². The van der Waals surface area contributed by atoms with Crippen LogP contribution in [0.5, 0.6) is 5.75 Å². The molecular formula is C32H49N3O7. The summed E-state index contributed by atoms with van der Waals surface area (Å²) in [4.78, 5) is 54.4. The number of hydrogen-bond donors (Lipinski definition) is 1. The lowest BCUT2D eigenvalue weighted by Gasteiger charge is -2.34. The molecule has 1 aromatic rings. The molecule has 42 heavy (non-hydrogen) atoms. The van der Waals surface area contributed by atoms with Crippen LogP contribution in [-0.4, -0.2) is 86.2 Å². The normalized spacial score (nSPS) is 18.6. The van der Waals surface area contributed by atoms with Crippen LogP contribution in [0.1, 0.15) is 71.3 Å². The molecule has 2 atom stereocenters. The van der Waals surface area contributed by atoms with Crippen molar-refractivity contribution < 1.29 is 33.4 Å². The summed E-state index contributed by atoms with van der Waals surface area (Å²) in [6.07, 6.45) is 5.27. The average Bonchev–Trinajstić information content (AvgIpc) is 2.99. The second-order valence-electron chi connectivity index (χ2n) is 12.4. The molecule has 0 bridgehead atoms. The third-order valence-electron chi connectivity index (χ3n) is 8.19. The Kier molecular flexibility index (Phi) is 12.5. The highest BCUT2D eigenvalue weighted by Gasteiger charge is 2.31. The van der Waals surface area contributed by atoms with Crippen LogP contribution in [0.3, 0.4) is 0 Å². The van der Waals surface area contributed by atoms with Gasteiger partial charge in [-0.15, -0.1) is 0 Å². The van der Waals surface area contributed by atoms with Gasteiger partial charge in [-0.3, -0.25) is 14.4 Å². The summed E-state index contributed by atoms with van der Waals surface area (Å²) >= 11 is 0. The van der Waals surface area contributed by atoms with Gasteiger partial charge in [-0.2, -0.15) is 0 Å². The number of carbonyl (C=O) groups excluding carboxylic acids is 4. The number of methoxy groups -OCH3 is 2.